The second kappa shape index (κ2) is 8.82. The maximum absolute atomic E-state index is 10.3. The first-order valence-electron chi connectivity index (χ1n) is 7.28. The molecule has 0 bridgehead atoms. The smallest absolute Gasteiger partial charge is 0.162 e. The maximum atomic E-state index is 10.3. The van der Waals surface area contributed by atoms with E-state index in [0.717, 1.165) is 24.1 Å². The van der Waals surface area contributed by atoms with Gasteiger partial charge < -0.3 is 19.5 Å². The Morgan fingerprint density at radius 1 is 1.25 bits per heavy atom. The van der Waals surface area contributed by atoms with Crippen LogP contribution in [0.15, 0.2) is 12.1 Å². The van der Waals surface area contributed by atoms with E-state index in [4.69, 9.17) is 9.47 Å². The summed E-state index contributed by atoms with van der Waals surface area (Å²) in [6, 6.07) is 3.76. The van der Waals surface area contributed by atoms with Crippen LogP contribution in [0.25, 0.3) is 0 Å². The molecule has 0 aromatic heterocycles. The Balaban J connectivity index is 2.92. The minimum absolute atomic E-state index is 0.230. The minimum Gasteiger partial charge on any atom is -0.504 e. The number of rotatable bonds is 9. The standard InChI is InChI=1S/C16H27NO3/c1-5-7-10-17(3)11-14-13(12-20-6-2)8-9-15(19-4)16(14)18/h8-9,18H,5-7,10-12H2,1-4H3. The Kier molecular flexibility index (Phi) is 7.41. The Morgan fingerprint density at radius 2 is 2.00 bits per heavy atom. The van der Waals surface area contributed by atoms with Crippen LogP contribution in [-0.4, -0.2) is 37.3 Å². The molecular formula is C16H27NO3. The van der Waals surface area contributed by atoms with Crippen molar-refractivity contribution in [2.24, 2.45) is 0 Å². The van der Waals surface area contributed by atoms with Crippen molar-refractivity contribution in [3.8, 4) is 11.5 Å². The molecule has 1 rings (SSSR count). The molecule has 0 radical (unpaired) electrons. The Labute approximate surface area is 122 Å². The summed E-state index contributed by atoms with van der Waals surface area (Å²) in [5.74, 6) is 0.747. The third-order valence-electron chi connectivity index (χ3n) is 3.35. The molecule has 0 aliphatic rings. The molecule has 0 heterocycles. The van der Waals surface area contributed by atoms with Crippen LogP contribution in [0.5, 0.6) is 11.5 Å². The van der Waals surface area contributed by atoms with Crippen molar-refractivity contribution in [2.75, 3.05) is 27.3 Å². The van der Waals surface area contributed by atoms with E-state index in [-0.39, 0.29) is 5.75 Å². The lowest BCUT2D eigenvalue weighted by Crippen LogP contribution is -2.20. The van der Waals surface area contributed by atoms with E-state index in [1.165, 1.54) is 6.42 Å². The number of hydrogen-bond donors (Lipinski definition) is 1. The SMILES string of the molecule is CCCCN(C)Cc1c(COCC)ccc(OC)c1O. The van der Waals surface area contributed by atoms with E-state index in [0.29, 0.717) is 25.5 Å². The molecule has 0 unspecified atom stereocenters. The number of phenols is 1. The molecule has 0 aliphatic heterocycles. The van der Waals surface area contributed by atoms with Gasteiger partial charge in [-0.25, -0.2) is 0 Å². The first-order valence-corrected chi connectivity index (χ1v) is 7.28. The van der Waals surface area contributed by atoms with E-state index in [9.17, 15) is 5.11 Å². The molecule has 20 heavy (non-hydrogen) atoms. The number of methoxy groups -OCH3 is 1. The van der Waals surface area contributed by atoms with E-state index in [2.05, 4.69) is 18.9 Å². The number of hydrogen-bond acceptors (Lipinski definition) is 4. The highest BCUT2D eigenvalue weighted by Crippen LogP contribution is 2.33. The summed E-state index contributed by atoms with van der Waals surface area (Å²) >= 11 is 0. The van der Waals surface area contributed by atoms with Gasteiger partial charge in [-0.2, -0.15) is 0 Å². The van der Waals surface area contributed by atoms with Gasteiger partial charge in [-0.15, -0.1) is 0 Å². The average molecular weight is 281 g/mol. The molecule has 114 valence electrons. The van der Waals surface area contributed by atoms with Gasteiger partial charge in [-0.3, -0.25) is 0 Å². The van der Waals surface area contributed by atoms with Gasteiger partial charge in [-0.05, 0) is 38.6 Å². The summed E-state index contributed by atoms with van der Waals surface area (Å²) in [4.78, 5) is 2.22. The zero-order chi connectivity index (χ0) is 15.0. The molecule has 1 aromatic rings. The summed E-state index contributed by atoms with van der Waals surface area (Å²) in [6.45, 7) is 7.05. The predicted molar refractivity (Wildman–Crippen MR) is 81.2 cm³/mol. The van der Waals surface area contributed by atoms with Crippen molar-refractivity contribution in [3.63, 3.8) is 0 Å². The van der Waals surface area contributed by atoms with Crippen LogP contribution < -0.4 is 4.74 Å². The van der Waals surface area contributed by atoms with Gasteiger partial charge in [0.25, 0.3) is 0 Å². The zero-order valence-electron chi connectivity index (χ0n) is 13.1. The lowest BCUT2D eigenvalue weighted by molar-refractivity contribution is 0.132. The number of aromatic hydroxyl groups is 1. The molecule has 0 saturated heterocycles. The number of benzene rings is 1. The van der Waals surface area contributed by atoms with Gasteiger partial charge in [0, 0.05) is 18.7 Å². The third kappa shape index (κ3) is 4.69. The quantitative estimate of drug-likeness (QED) is 0.755. The highest BCUT2D eigenvalue weighted by Gasteiger charge is 2.15. The molecule has 0 atom stereocenters. The molecule has 0 aliphatic carbocycles. The van der Waals surface area contributed by atoms with Crippen LogP contribution in [0.3, 0.4) is 0 Å². The Bertz CT molecular complexity index is 407. The fraction of sp³-hybridized carbons (Fsp3) is 0.625. The molecule has 0 saturated carbocycles. The molecule has 0 spiro atoms. The van der Waals surface area contributed by atoms with E-state index in [1.807, 2.05) is 13.0 Å². The number of nitrogens with zero attached hydrogens (tertiary/aromatic N) is 1. The number of phenolic OH excluding ortho intramolecular Hbond substituents is 1. The zero-order valence-corrected chi connectivity index (χ0v) is 13.1. The van der Waals surface area contributed by atoms with Crippen molar-refractivity contribution in [3.05, 3.63) is 23.3 Å². The second-order valence-electron chi connectivity index (χ2n) is 4.98. The van der Waals surface area contributed by atoms with Crippen LogP contribution in [0, 0.1) is 0 Å². The highest BCUT2D eigenvalue weighted by atomic mass is 16.5. The topological polar surface area (TPSA) is 41.9 Å². The second-order valence-corrected chi connectivity index (χ2v) is 4.98. The van der Waals surface area contributed by atoms with Crippen molar-refractivity contribution < 1.29 is 14.6 Å². The van der Waals surface area contributed by atoms with Gasteiger partial charge in [0.05, 0.1) is 13.7 Å². The monoisotopic (exact) mass is 281 g/mol. The normalized spacial score (nSPS) is 11.1. The van der Waals surface area contributed by atoms with Gasteiger partial charge >= 0.3 is 0 Å². The first kappa shape index (κ1) is 16.8. The predicted octanol–water partition coefficient (Wildman–Crippen LogP) is 3.17. The molecule has 0 amide bonds. The maximum Gasteiger partial charge on any atom is 0.162 e. The molecule has 4 heteroatoms. The van der Waals surface area contributed by atoms with Crippen molar-refractivity contribution in [1.29, 1.82) is 0 Å². The van der Waals surface area contributed by atoms with Crippen molar-refractivity contribution >= 4 is 0 Å². The number of ether oxygens (including phenoxy) is 2. The molecule has 4 nitrogen and oxygen atoms in total. The molecule has 1 N–H and O–H groups in total. The summed E-state index contributed by atoms with van der Waals surface area (Å²) in [5, 5.41) is 10.3. The summed E-state index contributed by atoms with van der Waals surface area (Å²) in [6.07, 6.45) is 2.32. The lowest BCUT2D eigenvalue weighted by Gasteiger charge is -2.20. The van der Waals surface area contributed by atoms with Gasteiger partial charge in [-0.1, -0.05) is 19.4 Å². The van der Waals surface area contributed by atoms with Crippen LogP contribution >= 0.6 is 0 Å². The Hall–Kier alpha value is -1.26. The molecule has 1 aromatic carbocycles. The van der Waals surface area contributed by atoms with Crippen LogP contribution in [0.2, 0.25) is 0 Å². The molecule has 0 fully saturated rings. The Morgan fingerprint density at radius 3 is 2.60 bits per heavy atom. The van der Waals surface area contributed by atoms with Crippen molar-refractivity contribution in [2.45, 2.75) is 39.8 Å². The summed E-state index contributed by atoms with van der Waals surface area (Å²) < 4.78 is 10.7. The lowest BCUT2D eigenvalue weighted by atomic mass is 10.1. The van der Waals surface area contributed by atoms with E-state index in [1.54, 1.807) is 13.2 Å². The fourth-order valence-electron chi connectivity index (χ4n) is 2.12. The third-order valence-corrected chi connectivity index (χ3v) is 3.35. The highest BCUT2D eigenvalue weighted by molar-refractivity contribution is 5.49. The van der Waals surface area contributed by atoms with Crippen molar-refractivity contribution in [1.82, 2.24) is 4.90 Å². The van der Waals surface area contributed by atoms with Crippen LogP contribution in [0.1, 0.15) is 37.8 Å². The van der Waals surface area contributed by atoms with Gasteiger partial charge in [0.1, 0.15) is 0 Å². The largest absolute Gasteiger partial charge is 0.504 e. The number of unbranched alkanes of at least 4 members (excludes halogenated alkanes) is 1. The minimum atomic E-state index is 0.230. The first-order chi connectivity index (χ1) is 9.63. The van der Waals surface area contributed by atoms with Crippen LogP contribution in [0.4, 0.5) is 0 Å². The van der Waals surface area contributed by atoms with Gasteiger partial charge in [0.15, 0.2) is 11.5 Å². The van der Waals surface area contributed by atoms with Crippen LogP contribution in [-0.2, 0) is 17.9 Å². The van der Waals surface area contributed by atoms with E-state index < -0.39 is 0 Å². The van der Waals surface area contributed by atoms with E-state index >= 15 is 0 Å². The van der Waals surface area contributed by atoms with Gasteiger partial charge in [0.2, 0.25) is 0 Å². The fourth-order valence-corrected chi connectivity index (χ4v) is 2.12. The average Bonchev–Trinajstić information content (AvgIpc) is 2.45. The summed E-state index contributed by atoms with van der Waals surface area (Å²) in [7, 11) is 3.64. The molecular weight excluding hydrogens is 254 g/mol. The summed E-state index contributed by atoms with van der Waals surface area (Å²) in [5.41, 5.74) is 1.92.